The Morgan fingerprint density at radius 3 is 1.92 bits per heavy atom. The summed E-state index contributed by atoms with van der Waals surface area (Å²) in [5.74, 6) is 0. The lowest BCUT2D eigenvalue weighted by Gasteiger charge is -2.44. The fourth-order valence-electron chi connectivity index (χ4n) is 11.5. The van der Waals surface area contributed by atoms with E-state index in [0.717, 1.165) is 50.9 Å². The van der Waals surface area contributed by atoms with Gasteiger partial charge in [0.2, 0.25) is 0 Å². The molecule has 7 aromatic carbocycles. The van der Waals surface area contributed by atoms with Crippen LogP contribution in [0.25, 0.3) is 44.2 Å². The van der Waals surface area contributed by atoms with Crippen molar-refractivity contribution in [1.29, 1.82) is 0 Å². The molecule has 1 radical (unpaired) electrons. The summed E-state index contributed by atoms with van der Waals surface area (Å²) in [5, 5.41) is 6.26. The predicted octanol–water partition coefficient (Wildman–Crippen LogP) is 15.4. The smallest absolute Gasteiger partial charge is 0.197 e. The number of fused-ring (bicyclic) bond motifs is 7. The second kappa shape index (κ2) is 14.3. The highest BCUT2D eigenvalue weighted by atomic mass is 16.3. The maximum absolute atomic E-state index is 7.00. The van der Waals surface area contributed by atoms with E-state index in [-0.39, 0.29) is 21.7 Å². The first-order chi connectivity index (χ1) is 30.5. The highest BCUT2D eigenvalue weighted by molar-refractivity contribution is 6.73. The summed E-state index contributed by atoms with van der Waals surface area (Å²) in [6, 6.07) is 47.8. The van der Waals surface area contributed by atoms with Crippen molar-refractivity contribution in [3.05, 3.63) is 161 Å². The molecule has 8 aromatic rings. The highest BCUT2D eigenvalue weighted by Crippen LogP contribution is 2.52. The Morgan fingerprint density at radius 2 is 1.19 bits per heavy atom. The quantitative estimate of drug-likeness (QED) is 0.175. The van der Waals surface area contributed by atoms with Gasteiger partial charge in [-0.3, -0.25) is 0 Å². The molecule has 0 spiro atoms. The van der Waals surface area contributed by atoms with Gasteiger partial charge in [-0.2, -0.15) is 0 Å². The zero-order chi connectivity index (χ0) is 44.5. The molecule has 11 rings (SSSR count). The van der Waals surface area contributed by atoms with E-state index in [0.29, 0.717) is 0 Å². The summed E-state index contributed by atoms with van der Waals surface area (Å²) < 4.78 is 7.00. The summed E-state index contributed by atoms with van der Waals surface area (Å²) >= 11 is 0. The normalized spacial score (nSPS) is 17.6. The molecule has 2 heterocycles. The average molecular weight is 836 g/mol. The third kappa shape index (κ3) is 6.46. The number of hydrogen-bond donors (Lipinski definition) is 1. The molecule has 319 valence electrons. The second-order valence-electron chi connectivity index (χ2n) is 21.9. The van der Waals surface area contributed by atoms with Crippen molar-refractivity contribution >= 4 is 68.6 Å². The fourth-order valence-corrected chi connectivity index (χ4v) is 11.5. The first kappa shape index (κ1) is 40.8. The summed E-state index contributed by atoms with van der Waals surface area (Å²) in [6.45, 7) is 23.9. The van der Waals surface area contributed by atoms with Crippen LogP contribution in [0, 0.1) is 13.8 Å². The van der Waals surface area contributed by atoms with Crippen LogP contribution in [0.5, 0.6) is 0 Å². The standard InChI is InChI=1S/C60H60BN2O/c1-36-30-43(54-49(25-22-42-41-18-14-15-19-53(41)64-56(42)54)62-40-21-23-44-46(34-40)59(7,8)27-26-57(44,3)4)55-52(31-36)63(51-33-39(20-24-48(51)61-55)38-16-12-11-13-17-38)50-35-47-45(32-37(50)2)58(5,6)28-29-60(47,9)10/h11-25,30-35,62H,26-29H2,1-10H3. The molecular formula is C60H60BN2O. The largest absolute Gasteiger partial charge is 0.455 e. The van der Waals surface area contributed by atoms with E-state index in [9.17, 15) is 0 Å². The number of para-hydroxylation sites is 1. The molecule has 64 heavy (non-hydrogen) atoms. The van der Waals surface area contributed by atoms with Gasteiger partial charge in [-0.1, -0.05) is 140 Å². The van der Waals surface area contributed by atoms with Crippen LogP contribution < -0.4 is 21.1 Å². The lowest BCUT2D eigenvalue weighted by Crippen LogP contribution is -2.41. The van der Waals surface area contributed by atoms with Crippen LogP contribution in [0.2, 0.25) is 0 Å². The van der Waals surface area contributed by atoms with Crippen molar-refractivity contribution in [2.75, 3.05) is 10.2 Å². The molecule has 3 aliphatic rings. The summed E-state index contributed by atoms with van der Waals surface area (Å²) in [5.41, 5.74) is 23.3. The minimum Gasteiger partial charge on any atom is -0.455 e. The van der Waals surface area contributed by atoms with Gasteiger partial charge < -0.3 is 14.6 Å². The van der Waals surface area contributed by atoms with Crippen molar-refractivity contribution in [1.82, 2.24) is 0 Å². The monoisotopic (exact) mass is 835 g/mol. The van der Waals surface area contributed by atoms with Gasteiger partial charge >= 0.3 is 0 Å². The fraction of sp³-hybridized carbons (Fsp3) is 0.300. The van der Waals surface area contributed by atoms with Crippen molar-refractivity contribution in [3.8, 4) is 22.3 Å². The average Bonchev–Trinajstić information content (AvgIpc) is 3.65. The van der Waals surface area contributed by atoms with Gasteiger partial charge in [0.1, 0.15) is 11.2 Å². The summed E-state index contributed by atoms with van der Waals surface area (Å²) in [4.78, 5) is 2.58. The van der Waals surface area contributed by atoms with E-state index in [2.05, 4.69) is 214 Å². The van der Waals surface area contributed by atoms with Gasteiger partial charge in [-0.15, -0.1) is 0 Å². The molecule has 3 nitrogen and oxygen atoms in total. The lowest BCUT2D eigenvalue weighted by atomic mass is 9.57. The van der Waals surface area contributed by atoms with Crippen molar-refractivity contribution in [2.45, 2.75) is 117 Å². The van der Waals surface area contributed by atoms with Crippen molar-refractivity contribution in [3.63, 3.8) is 0 Å². The first-order valence-corrected chi connectivity index (χ1v) is 23.5. The maximum atomic E-state index is 7.00. The molecule has 0 saturated carbocycles. The van der Waals surface area contributed by atoms with Crippen molar-refractivity contribution in [2.24, 2.45) is 0 Å². The van der Waals surface area contributed by atoms with Gasteiger partial charge in [-0.25, -0.2) is 0 Å². The van der Waals surface area contributed by atoms with Gasteiger partial charge in [0.05, 0.1) is 5.69 Å². The number of hydrogen-bond acceptors (Lipinski definition) is 3. The third-order valence-electron chi connectivity index (χ3n) is 15.6. The van der Waals surface area contributed by atoms with Crippen molar-refractivity contribution < 1.29 is 4.42 Å². The zero-order valence-corrected chi connectivity index (χ0v) is 39.4. The Hall–Kier alpha value is -6.00. The van der Waals surface area contributed by atoms with E-state index < -0.39 is 0 Å². The van der Waals surface area contributed by atoms with Crippen LogP contribution in [-0.4, -0.2) is 7.28 Å². The molecular weight excluding hydrogens is 775 g/mol. The zero-order valence-electron chi connectivity index (χ0n) is 39.4. The SMILES string of the molecule is Cc1cc(-c2c(Nc3ccc4c(c3)C(C)(C)CCC4(C)C)ccc3c2oc2ccccc23)c2c(c1)N(c1cc3c(cc1C)C(C)(C)CCC3(C)C)c1cc(-c3ccccc3)ccc1[B]2. The molecule has 1 aliphatic heterocycles. The molecule has 0 saturated heterocycles. The number of rotatable bonds is 5. The van der Waals surface area contributed by atoms with E-state index in [1.807, 2.05) is 0 Å². The number of nitrogens with one attached hydrogen (secondary N) is 1. The summed E-state index contributed by atoms with van der Waals surface area (Å²) in [7, 11) is 2.43. The van der Waals surface area contributed by atoms with Gasteiger partial charge in [0, 0.05) is 39.1 Å². The third-order valence-corrected chi connectivity index (χ3v) is 15.6. The van der Waals surface area contributed by atoms with Crippen LogP contribution in [0.3, 0.4) is 0 Å². The highest BCUT2D eigenvalue weighted by Gasteiger charge is 2.40. The maximum Gasteiger partial charge on any atom is 0.197 e. The molecule has 1 aromatic heterocycles. The molecule has 0 bridgehead atoms. The van der Waals surface area contributed by atoms with Crippen LogP contribution >= 0.6 is 0 Å². The molecule has 0 fully saturated rings. The van der Waals surface area contributed by atoms with Crippen LogP contribution in [-0.2, 0) is 21.7 Å². The Bertz CT molecular complexity index is 3200. The number of nitrogens with zero attached hydrogens (tertiary/aromatic N) is 1. The number of aryl methyl sites for hydroxylation is 2. The number of benzene rings is 7. The molecule has 1 N–H and O–H groups in total. The second-order valence-corrected chi connectivity index (χ2v) is 21.9. The molecule has 2 aliphatic carbocycles. The van der Waals surface area contributed by atoms with Gasteiger partial charge in [0.25, 0.3) is 0 Å². The van der Waals surface area contributed by atoms with E-state index >= 15 is 0 Å². The Morgan fingerprint density at radius 1 is 0.531 bits per heavy atom. The van der Waals surface area contributed by atoms with E-state index in [4.69, 9.17) is 4.42 Å². The predicted molar refractivity (Wildman–Crippen MR) is 274 cm³/mol. The molecule has 0 unspecified atom stereocenters. The van der Waals surface area contributed by atoms with Crippen LogP contribution in [0.4, 0.5) is 28.4 Å². The number of anilines is 5. The Labute approximate surface area is 381 Å². The lowest BCUT2D eigenvalue weighted by molar-refractivity contribution is 0.332. The minimum atomic E-state index is 0.0592. The topological polar surface area (TPSA) is 28.4 Å². The van der Waals surface area contributed by atoms with E-state index in [1.165, 1.54) is 91.8 Å². The van der Waals surface area contributed by atoms with E-state index in [1.54, 1.807) is 0 Å². The van der Waals surface area contributed by atoms with Crippen LogP contribution in [0.1, 0.15) is 114 Å². The minimum absolute atomic E-state index is 0.0592. The molecule has 4 heteroatoms. The molecule has 0 atom stereocenters. The van der Waals surface area contributed by atoms with Gasteiger partial charge in [0.15, 0.2) is 7.28 Å². The Kier molecular flexibility index (Phi) is 9.08. The Balaban J connectivity index is 1.17. The van der Waals surface area contributed by atoms with Gasteiger partial charge in [-0.05, 0) is 165 Å². The molecule has 0 amide bonds. The summed E-state index contributed by atoms with van der Waals surface area (Å²) in [6.07, 6.45) is 4.70. The number of furan rings is 1. The first-order valence-electron chi connectivity index (χ1n) is 23.5. The van der Waals surface area contributed by atoms with Crippen LogP contribution in [0.15, 0.2) is 132 Å².